The minimum atomic E-state index is 0.420. The van der Waals surface area contributed by atoms with E-state index in [1.54, 1.807) is 41.9 Å². The molecule has 0 saturated heterocycles. The Morgan fingerprint density at radius 3 is 2.76 bits per heavy atom. The van der Waals surface area contributed by atoms with Gasteiger partial charge in [0.05, 0.1) is 5.69 Å². The lowest BCUT2D eigenvalue weighted by Crippen LogP contribution is -1.97. The minimum absolute atomic E-state index is 0.420. The largest absolute Gasteiger partial charge is 0.439 e. The summed E-state index contributed by atoms with van der Waals surface area (Å²) in [7, 11) is 1.72. The average Bonchev–Trinajstić information content (AvgIpc) is 2.56. The molecule has 1 aromatic heterocycles. The average molecular weight is 248 g/mol. The molecule has 0 radical (unpaired) electrons. The SMILES string of the molecule is Cn1c(C#N)cc(N)c1Oc1cccc(Cl)c1. The first kappa shape index (κ1) is 11.4. The van der Waals surface area contributed by atoms with Gasteiger partial charge in [0.15, 0.2) is 0 Å². The number of hydrogen-bond acceptors (Lipinski definition) is 3. The van der Waals surface area contributed by atoms with Crippen molar-refractivity contribution in [3.63, 3.8) is 0 Å². The number of benzene rings is 1. The van der Waals surface area contributed by atoms with Crippen LogP contribution in [0.15, 0.2) is 30.3 Å². The van der Waals surface area contributed by atoms with Crippen LogP contribution in [0.2, 0.25) is 5.02 Å². The van der Waals surface area contributed by atoms with Gasteiger partial charge < -0.3 is 15.0 Å². The molecular formula is C12H10ClN3O. The number of anilines is 1. The van der Waals surface area contributed by atoms with Crippen LogP contribution in [0.5, 0.6) is 11.6 Å². The number of nitrogen functional groups attached to an aromatic ring is 1. The Morgan fingerprint density at radius 1 is 1.41 bits per heavy atom. The molecule has 17 heavy (non-hydrogen) atoms. The lowest BCUT2D eigenvalue weighted by molar-refractivity contribution is 0.444. The molecule has 4 nitrogen and oxygen atoms in total. The second-order valence-corrected chi connectivity index (χ2v) is 3.96. The molecule has 0 spiro atoms. The van der Waals surface area contributed by atoms with Crippen LogP contribution >= 0.6 is 11.6 Å². The van der Waals surface area contributed by atoms with Gasteiger partial charge in [0.25, 0.3) is 0 Å². The van der Waals surface area contributed by atoms with Gasteiger partial charge in [-0.25, -0.2) is 0 Å². The van der Waals surface area contributed by atoms with Gasteiger partial charge in [0.2, 0.25) is 5.88 Å². The van der Waals surface area contributed by atoms with E-state index in [9.17, 15) is 0 Å². The summed E-state index contributed by atoms with van der Waals surface area (Å²) < 4.78 is 7.20. The number of ether oxygens (including phenoxy) is 1. The van der Waals surface area contributed by atoms with E-state index in [2.05, 4.69) is 0 Å². The molecule has 5 heteroatoms. The zero-order valence-corrected chi connectivity index (χ0v) is 9.90. The maximum atomic E-state index is 8.86. The van der Waals surface area contributed by atoms with E-state index in [1.165, 1.54) is 0 Å². The minimum Gasteiger partial charge on any atom is -0.439 e. The molecule has 86 valence electrons. The predicted molar refractivity (Wildman–Crippen MR) is 66.1 cm³/mol. The van der Waals surface area contributed by atoms with Crippen LogP contribution in [0, 0.1) is 11.3 Å². The maximum Gasteiger partial charge on any atom is 0.224 e. The Hall–Kier alpha value is -2.12. The van der Waals surface area contributed by atoms with Crippen molar-refractivity contribution in [3.05, 3.63) is 41.0 Å². The van der Waals surface area contributed by atoms with Crippen molar-refractivity contribution < 1.29 is 4.74 Å². The Balaban J connectivity index is 2.37. The molecule has 0 aliphatic heterocycles. The van der Waals surface area contributed by atoms with E-state index in [0.717, 1.165) is 0 Å². The number of aromatic nitrogens is 1. The van der Waals surface area contributed by atoms with Crippen LogP contribution in [0.4, 0.5) is 5.69 Å². The molecule has 0 aliphatic rings. The van der Waals surface area contributed by atoms with Gasteiger partial charge in [0.1, 0.15) is 17.5 Å². The van der Waals surface area contributed by atoms with Gasteiger partial charge in [-0.05, 0) is 18.2 Å². The molecule has 0 amide bonds. The Morgan fingerprint density at radius 2 is 2.18 bits per heavy atom. The molecule has 0 unspecified atom stereocenters. The fourth-order valence-corrected chi connectivity index (χ4v) is 1.67. The highest BCUT2D eigenvalue weighted by Gasteiger charge is 2.12. The monoisotopic (exact) mass is 247 g/mol. The summed E-state index contributed by atoms with van der Waals surface area (Å²) in [6.45, 7) is 0. The molecular weight excluding hydrogens is 238 g/mol. The fourth-order valence-electron chi connectivity index (χ4n) is 1.49. The normalized spacial score (nSPS) is 9.94. The Labute approximate surface area is 104 Å². The molecule has 0 atom stereocenters. The Bertz CT molecular complexity index is 598. The topological polar surface area (TPSA) is 64.0 Å². The smallest absolute Gasteiger partial charge is 0.224 e. The molecule has 2 aromatic rings. The molecule has 1 aromatic carbocycles. The van der Waals surface area contributed by atoms with Gasteiger partial charge in [-0.3, -0.25) is 0 Å². The lowest BCUT2D eigenvalue weighted by Gasteiger charge is -2.08. The van der Waals surface area contributed by atoms with Crippen molar-refractivity contribution >= 4 is 17.3 Å². The van der Waals surface area contributed by atoms with Gasteiger partial charge in [-0.1, -0.05) is 17.7 Å². The first-order valence-corrected chi connectivity index (χ1v) is 5.28. The fraction of sp³-hybridized carbons (Fsp3) is 0.0833. The summed E-state index contributed by atoms with van der Waals surface area (Å²) in [4.78, 5) is 0. The number of halogens is 1. The second-order valence-electron chi connectivity index (χ2n) is 3.52. The standard InChI is InChI=1S/C12H10ClN3O/c1-16-9(7-14)6-11(15)12(16)17-10-4-2-3-8(13)5-10/h2-6H,15H2,1H3. The van der Waals surface area contributed by atoms with Crippen molar-refractivity contribution in [1.82, 2.24) is 4.57 Å². The second kappa shape index (κ2) is 4.40. The van der Waals surface area contributed by atoms with E-state index < -0.39 is 0 Å². The first-order valence-electron chi connectivity index (χ1n) is 4.90. The van der Waals surface area contributed by atoms with Crippen molar-refractivity contribution in [3.8, 4) is 17.7 Å². The first-order chi connectivity index (χ1) is 8.11. The summed E-state index contributed by atoms with van der Waals surface area (Å²) in [5.74, 6) is 1.01. The Kier molecular flexibility index (Phi) is 2.94. The number of hydrogen-bond donors (Lipinski definition) is 1. The summed E-state index contributed by atoms with van der Waals surface area (Å²) >= 11 is 5.85. The molecule has 0 saturated carbocycles. The van der Waals surface area contributed by atoms with Crippen LogP contribution < -0.4 is 10.5 Å². The zero-order valence-electron chi connectivity index (χ0n) is 9.14. The van der Waals surface area contributed by atoms with Crippen molar-refractivity contribution in [1.29, 1.82) is 5.26 Å². The molecule has 2 rings (SSSR count). The number of nitrogens with zero attached hydrogens (tertiary/aromatic N) is 2. The van der Waals surface area contributed by atoms with Crippen molar-refractivity contribution in [2.75, 3.05) is 5.73 Å². The van der Waals surface area contributed by atoms with E-state index in [1.807, 2.05) is 6.07 Å². The molecule has 0 aliphatic carbocycles. The molecule has 0 bridgehead atoms. The highest BCUT2D eigenvalue weighted by molar-refractivity contribution is 6.30. The van der Waals surface area contributed by atoms with Crippen LogP contribution in [-0.4, -0.2) is 4.57 Å². The highest BCUT2D eigenvalue weighted by Crippen LogP contribution is 2.30. The van der Waals surface area contributed by atoms with Crippen LogP contribution in [-0.2, 0) is 7.05 Å². The summed E-state index contributed by atoms with van der Waals surface area (Å²) in [6.07, 6.45) is 0. The summed E-state index contributed by atoms with van der Waals surface area (Å²) in [6, 6.07) is 10.6. The quantitative estimate of drug-likeness (QED) is 0.887. The number of nitrogens with two attached hydrogens (primary N) is 1. The van der Waals surface area contributed by atoms with Crippen LogP contribution in [0.3, 0.4) is 0 Å². The zero-order chi connectivity index (χ0) is 12.4. The van der Waals surface area contributed by atoms with Crippen LogP contribution in [0.1, 0.15) is 5.69 Å². The molecule has 2 N–H and O–H groups in total. The number of rotatable bonds is 2. The third kappa shape index (κ3) is 2.19. The van der Waals surface area contributed by atoms with Crippen molar-refractivity contribution in [2.45, 2.75) is 0 Å². The van der Waals surface area contributed by atoms with Crippen molar-refractivity contribution in [2.24, 2.45) is 7.05 Å². The van der Waals surface area contributed by atoms with Gasteiger partial charge in [-0.2, -0.15) is 5.26 Å². The van der Waals surface area contributed by atoms with E-state index in [0.29, 0.717) is 28.0 Å². The van der Waals surface area contributed by atoms with Gasteiger partial charge in [0, 0.05) is 18.1 Å². The van der Waals surface area contributed by atoms with E-state index >= 15 is 0 Å². The van der Waals surface area contributed by atoms with E-state index in [4.69, 9.17) is 27.3 Å². The predicted octanol–water partition coefficient (Wildman–Crippen LogP) is 2.92. The third-order valence-electron chi connectivity index (χ3n) is 2.33. The maximum absolute atomic E-state index is 8.86. The number of nitriles is 1. The molecule has 1 heterocycles. The van der Waals surface area contributed by atoms with Crippen LogP contribution in [0.25, 0.3) is 0 Å². The lowest BCUT2D eigenvalue weighted by atomic mass is 10.3. The highest BCUT2D eigenvalue weighted by atomic mass is 35.5. The van der Waals surface area contributed by atoms with Gasteiger partial charge >= 0.3 is 0 Å². The van der Waals surface area contributed by atoms with E-state index in [-0.39, 0.29) is 0 Å². The summed E-state index contributed by atoms with van der Waals surface area (Å²) in [5, 5.41) is 9.44. The molecule has 0 fully saturated rings. The summed E-state index contributed by atoms with van der Waals surface area (Å²) in [5.41, 5.74) is 6.64. The third-order valence-corrected chi connectivity index (χ3v) is 2.57. The van der Waals surface area contributed by atoms with Gasteiger partial charge in [-0.15, -0.1) is 0 Å².